The van der Waals surface area contributed by atoms with Crippen LogP contribution in [0.1, 0.15) is 35.6 Å². The van der Waals surface area contributed by atoms with Crippen LogP contribution in [0.2, 0.25) is 0 Å². The summed E-state index contributed by atoms with van der Waals surface area (Å²) in [4.78, 5) is 0. The monoisotopic (exact) mass is 450 g/mol. The van der Waals surface area contributed by atoms with E-state index in [-0.39, 0.29) is 6.04 Å². The molecule has 5 rings (SSSR count). The first-order valence-corrected chi connectivity index (χ1v) is 10.2. The molecule has 1 aromatic heterocycles. The second-order valence-electron chi connectivity index (χ2n) is 6.94. The molecule has 0 radical (unpaired) electrons. The van der Waals surface area contributed by atoms with Gasteiger partial charge in [-0.1, -0.05) is 28.6 Å². The van der Waals surface area contributed by atoms with Crippen LogP contribution < -0.4 is 9.47 Å². The molecule has 2 aliphatic rings. The molecule has 2 aromatic carbocycles. The minimum Gasteiger partial charge on any atom is -0.490 e. The Labute approximate surface area is 177 Å². The first-order valence-electron chi connectivity index (χ1n) is 9.42. The predicted molar refractivity (Wildman–Crippen MR) is 114 cm³/mol. The minimum atomic E-state index is -0.392. The van der Waals surface area contributed by atoms with Crippen LogP contribution in [0.25, 0.3) is 0 Å². The van der Waals surface area contributed by atoms with Gasteiger partial charge in [0.05, 0.1) is 18.0 Å². The molecule has 6 heteroatoms. The van der Waals surface area contributed by atoms with E-state index in [1.807, 2.05) is 53.5 Å². The number of furan rings is 1. The van der Waals surface area contributed by atoms with Gasteiger partial charge in [-0.25, -0.2) is 5.01 Å². The summed E-state index contributed by atoms with van der Waals surface area (Å²) >= 11 is 3.58. The van der Waals surface area contributed by atoms with Gasteiger partial charge in [0, 0.05) is 16.5 Å². The first-order chi connectivity index (χ1) is 14.2. The molecule has 3 heterocycles. The van der Waals surface area contributed by atoms with Gasteiger partial charge in [-0.15, -0.1) is 0 Å². The summed E-state index contributed by atoms with van der Waals surface area (Å²) in [6, 6.07) is 18.0. The normalized spacial score (nSPS) is 19.8. The molecule has 3 aromatic rings. The number of halogens is 1. The van der Waals surface area contributed by atoms with Crippen LogP contribution in [0.5, 0.6) is 11.5 Å². The van der Waals surface area contributed by atoms with E-state index < -0.39 is 6.23 Å². The van der Waals surface area contributed by atoms with E-state index >= 15 is 0 Å². The van der Waals surface area contributed by atoms with E-state index in [2.05, 4.69) is 28.6 Å². The quantitative estimate of drug-likeness (QED) is 0.457. The van der Waals surface area contributed by atoms with E-state index in [0.29, 0.717) is 6.61 Å². The Morgan fingerprint density at radius 1 is 1.21 bits per heavy atom. The molecule has 29 heavy (non-hydrogen) atoms. The van der Waals surface area contributed by atoms with E-state index in [1.165, 1.54) is 0 Å². The van der Waals surface area contributed by atoms with Gasteiger partial charge in [0.1, 0.15) is 18.1 Å². The van der Waals surface area contributed by atoms with Crippen molar-refractivity contribution in [2.75, 3.05) is 6.61 Å². The standard InChI is InChI=1S/C23H19BrN2O3/c1-2-11-27-17-8-5-15(6-9-17)19-14-20-18-13-16(24)7-10-21(18)29-23(26(20)25-19)22-4-3-12-28-22/h2-10,12-13,20,23H,1,11,14H2. The van der Waals surface area contributed by atoms with Gasteiger partial charge in [-0.3, -0.25) is 0 Å². The molecule has 0 amide bonds. The zero-order chi connectivity index (χ0) is 19.8. The molecular formula is C23H19BrN2O3. The lowest BCUT2D eigenvalue weighted by Gasteiger charge is -2.37. The van der Waals surface area contributed by atoms with Crippen LogP contribution in [0.3, 0.4) is 0 Å². The second kappa shape index (κ2) is 7.44. The summed E-state index contributed by atoms with van der Waals surface area (Å²) < 4.78 is 18.5. The highest BCUT2D eigenvalue weighted by Crippen LogP contribution is 2.48. The van der Waals surface area contributed by atoms with Crippen LogP contribution in [0.15, 0.2) is 87.5 Å². The molecule has 0 N–H and O–H groups in total. The maximum atomic E-state index is 6.27. The number of rotatable bonds is 5. The summed E-state index contributed by atoms with van der Waals surface area (Å²) in [6.45, 7) is 4.17. The molecule has 2 aliphatic heterocycles. The highest BCUT2D eigenvalue weighted by molar-refractivity contribution is 9.10. The van der Waals surface area contributed by atoms with Crippen molar-refractivity contribution in [3.63, 3.8) is 0 Å². The van der Waals surface area contributed by atoms with E-state index in [1.54, 1.807) is 12.3 Å². The van der Waals surface area contributed by atoms with Crippen molar-refractivity contribution in [1.29, 1.82) is 0 Å². The summed E-state index contributed by atoms with van der Waals surface area (Å²) in [5, 5.41) is 6.94. The molecular weight excluding hydrogens is 432 g/mol. The molecule has 5 nitrogen and oxygen atoms in total. The summed E-state index contributed by atoms with van der Waals surface area (Å²) in [5.41, 5.74) is 3.20. The maximum Gasteiger partial charge on any atom is 0.246 e. The summed E-state index contributed by atoms with van der Waals surface area (Å²) in [7, 11) is 0. The van der Waals surface area contributed by atoms with Crippen LogP contribution >= 0.6 is 15.9 Å². The smallest absolute Gasteiger partial charge is 0.246 e. The van der Waals surface area contributed by atoms with Crippen molar-refractivity contribution in [3.05, 3.63) is 94.9 Å². The van der Waals surface area contributed by atoms with Crippen molar-refractivity contribution in [3.8, 4) is 11.5 Å². The zero-order valence-electron chi connectivity index (χ0n) is 15.6. The van der Waals surface area contributed by atoms with Crippen LogP contribution in [0, 0.1) is 0 Å². The molecule has 2 unspecified atom stereocenters. The van der Waals surface area contributed by atoms with Gasteiger partial charge in [0.2, 0.25) is 6.23 Å². The average Bonchev–Trinajstić information content (AvgIpc) is 3.42. The number of hydrazone groups is 1. The highest BCUT2D eigenvalue weighted by atomic mass is 79.9. The Balaban J connectivity index is 1.50. The van der Waals surface area contributed by atoms with Gasteiger partial charge in [-0.05, 0) is 60.2 Å². The number of hydrogen-bond acceptors (Lipinski definition) is 5. The predicted octanol–water partition coefficient (Wildman–Crippen LogP) is 5.85. The summed E-state index contributed by atoms with van der Waals surface area (Å²) in [5.74, 6) is 2.42. The first kappa shape index (κ1) is 18.1. The van der Waals surface area contributed by atoms with Crippen molar-refractivity contribution in [1.82, 2.24) is 5.01 Å². The SMILES string of the molecule is C=CCOc1ccc(C2=NN3C(C2)c2cc(Br)ccc2OC3c2ccco2)cc1. The average molecular weight is 451 g/mol. The van der Waals surface area contributed by atoms with E-state index in [9.17, 15) is 0 Å². The van der Waals surface area contributed by atoms with Crippen LogP contribution in [-0.2, 0) is 0 Å². The molecule has 0 saturated heterocycles. The Hall–Kier alpha value is -2.99. The van der Waals surface area contributed by atoms with Gasteiger partial charge in [-0.2, -0.15) is 5.10 Å². The Morgan fingerprint density at radius 2 is 2.07 bits per heavy atom. The molecule has 0 bridgehead atoms. The maximum absolute atomic E-state index is 6.27. The minimum absolute atomic E-state index is 0.0815. The van der Waals surface area contributed by atoms with Gasteiger partial charge in [0.25, 0.3) is 0 Å². The largest absolute Gasteiger partial charge is 0.490 e. The molecule has 0 fully saturated rings. The van der Waals surface area contributed by atoms with Gasteiger partial charge >= 0.3 is 0 Å². The Kier molecular flexibility index (Phi) is 4.64. The third-order valence-electron chi connectivity index (χ3n) is 5.09. The van der Waals surface area contributed by atoms with Crippen LogP contribution in [-0.4, -0.2) is 17.3 Å². The summed E-state index contributed by atoms with van der Waals surface area (Å²) in [6.07, 6.45) is 3.79. The number of nitrogens with zero attached hydrogens (tertiary/aromatic N) is 2. The third-order valence-corrected chi connectivity index (χ3v) is 5.59. The number of ether oxygens (including phenoxy) is 2. The molecule has 0 spiro atoms. The highest BCUT2D eigenvalue weighted by Gasteiger charge is 2.42. The molecule has 0 saturated carbocycles. The van der Waals surface area contributed by atoms with Crippen molar-refractivity contribution in [2.45, 2.75) is 18.7 Å². The van der Waals surface area contributed by atoms with Crippen LogP contribution in [0.4, 0.5) is 0 Å². The third kappa shape index (κ3) is 3.34. The fourth-order valence-electron chi connectivity index (χ4n) is 3.75. The van der Waals surface area contributed by atoms with E-state index in [4.69, 9.17) is 19.0 Å². The molecule has 0 aliphatic carbocycles. The van der Waals surface area contributed by atoms with Gasteiger partial charge in [0.15, 0.2) is 5.76 Å². The lowest BCUT2D eigenvalue weighted by molar-refractivity contribution is -0.0325. The Morgan fingerprint density at radius 3 is 2.83 bits per heavy atom. The van der Waals surface area contributed by atoms with Crippen molar-refractivity contribution in [2.24, 2.45) is 5.10 Å². The fourth-order valence-corrected chi connectivity index (χ4v) is 4.13. The van der Waals surface area contributed by atoms with Gasteiger partial charge < -0.3 is 13.9 Å². The fraction of sp³-hybridized carbons (Fsp3) is 0.174. The number of hydrogen-bond donors (Lipinski definition) is 0. The zero-order valence-corrected chi connectivity index (χ0v) is 17.2. The molecule has 146 valence electrons. The topological polar surface area (TPSA) is 47.2 Å². The van der Waals surface area contributed by atoms with Crippen molar-refractivity contribution < 1.29 is 13.9 Å². The van der Waals surface area contributed by atoms with E-state index in [0.717, 1.165) is 45.0 Å². The number of fused-ring (bicyclic) bond motifs is 3. The van der Waals surface area contributed by atoms with Crippen molar-refractivity contribution >= 4 is 21.6 Å². The Bertz CT molecular complexity index is 1060. The lowest BCUT2D eigenvalue weighted by Crippen LogP contribution is -2.33. The number of benzene rings is 2. The molecule has 2 atom stereocenters. The second-order valence-corrected chi connectivity index (χ2v) is 7.85. The lowest BCUT2D eigenvalue weighted by atomic mass is 9.96.